The largest absolute Gasteiger partial charge is 0.402 e. The van der Waals surface area contributed by atoms with Crippen LogP contribution in [0.15, 0.2) is 22.9 Å². The molecule has 0 fully saturated rings. The number of halogens is 2. The Labute approximate surface area is 124 Å². The number of hydrogen-bond acceptors (Lipinski definition) is 6. The summed E-state index contributed by atoms with van der Waals surface area (Å²) in [5.74, 6) is -0.700. The molecule has 0 aromatic carbocycles. The van der Waals surface area contributed by atoms with Gasteiger partial charge in [-0.25, -0.2) is 9.67 Å². The number of nitrogens with zero attached hydrogens (tertiary/aromatic N) is 5. The normalized spacial score (nSPS) is 11.7. The van der Waals surface area contributed by atoms with E-state index in [0.717, 1.165) is 16.6 Å². The molecule has 3 heterocycles. The second-order valence-corrected chi connectivity index (χ2v) is 5.04. The summed E-state index contributed by atoms with van der Waals surface area (Å²) in [7, 11) is 0. The zero-order valence-corrected chi connectivity index (χ0v) is 12.0. The molecular formula is C13H14F2N6O. The lowest BCUT2D eigenvalue weighted by molar-refractivity contribution is 0.116. The van der Waals surface area contributed by atoms with Crippen molar-refractivity contribution in [3.63, 3.8) is 0 Å². The lowest BCUT2D eigenvalue weighted by atomic mass is 10.2. The van der Waals surface area contributed by atoms with Crippen LogP contribution < -0.4 is 5.32 Å². The Balaban J connectivity index is 1.73. The molecule has 0 bridgehead atoms. The van der Waals surface area contributed by atoms with Gasteiger partial charge in [-0.3, -0.25) is 0 Å². The van der Waals surface area contributed by atoms with Crippen LogP contribution in [-0.4, -0.2) is 25.0 Å². The quantitative estimate of drug-likeness (QED) is 0.780. The number of nitrogens with one attached hydrogen (secondary N) is 1. The number of pyridine rings is 1. The number of fused-ring (bicyclic) bond motifs is 1. The van der Waals surface area contributed by atoms with Crippen molar-refractivity contribution in [3.05, 3.63) is 29.9 Å². The summed E-state index contributed by atoms with van der Waals surface area (Å²) in [6.07, 6.45) is 0.663. The van der Waals surface area contributed by atoms with E-state index in [9.17, 15) is 8.78 Å². The lowest BCUT2D eigenvalue weighted by Crippen LogP contribution is -2.04. The van der Waals surface area contributed by atoms with Gasteiger partial charge >= 0.3 is 12.4 Å². The highest BCUT2D eigenvalue weighted by Crippen LogP contribution is 2.20. The van der Waals surface area contributed by atoms with E-state index in [1.165, 1.54) is 0 Å². The van der Waals surface area contributed by atoms with Crippen LogP contribution in [0.1, 0.15) is 37.8 Å². The minimum absolute atomic E-state index is 0.0479. The van der Waals surface area contributed by atoms with Gasteiger partial charge in [0.05, 0.1) is 6.20 Å². The van der Waals surface area contributed by atoms with E-state index in [2.05, 4.69) is 25.6 Å². The fourth-order valence-electron chi connectivity index (χ4n) is 2.03. The molecule has 0 atom stereocenters. The molecule has 0 amide bonds. The topological polar surface area (TPSA) is 81.7 Å². The monoisotopic (exact) mass is 308 g/mol. The number of hydrogen-bond donors (Lipinski definition) is 1. The van der Waals surface area contributed by atoms with Gasteiger partial charge in [0.2, 0.25) is 0 Å². The molecule has 3 rings (SSSR count). The molecule has 0 aliphatic rings. The van der Waals surface area contributed by atoms with Crippen molar-refractivity contribution < 1.29 is 13.2 Å². The number of alkyl halides is 2. The highest BCUT2D eigenvalue weighted by atomic mass is 19.3. The van der Waals surface area contributed by atoms with E-state index in [4.69, 9.17) is 4.42 Å². The third kappa shape index (κ3) is 2.74. The number of anilines is 1. The van der Waals surface area contributed by atoms with Gasteiger partial charge in [-0.15, -0.1) is 5.10 Å². The molecule has 0 aliphatic carbocycles. The SMILES string of the molecule is CC(C)n1ncc2cc(CNc3nnc(C(F)F)o3)cnc21. The third-order valence-corrected chi connectivity index (χ3v) is 3.05. The Morgan fingerprint density at radius 2 is 2.09 bits per heavy atom. The highest BCUT2D eigenvalue weighted by molar-refractivity contribution is 5.75. The molecule has 0 spiro atoms. The summed E-state index contributed by atoms with van der Waals surface area (Å²) >= 11 is 0. The predicted molar refractivity (Wildman–Crippen MR) is 74.5 cm³/mol. The van der Waals surface area contributed by atoms with Crippen molar-refractivity contribution in [1.82, 2.24) is 25.0 Å². The molecule has 0 aliphatic heterocycles. The van der Waals surface area contributed by atoms with Gasteiger partial charge in [0.1, 0.15) is 0 Å². The molecule has 3 aromatic rings. The fourth-order valence-corrected chi connectivity index (χ4v) is 2.03. The van der Waals surface area contributed by atoms with E-state index < -0.39 is 12.3 Å². The Kier molecular flexibility index (Phi) is 3.70. The molecule has 9 heteroatoms. The minimum atomic E-state index is -2.78. The van der Waals surface area contributed by atoms with Crippen LogP contribution in [0.5, 0.6) is 0 Å². The smallest absolute Gasteiger partial charge is 0.315 e. The summed E-state index contributed by atoms with van der Waals surface area (Å²) < 4.78 is 31.3. The predicted octanol–water partition coefficient (Wildman–Crippen LogP) is 2.94. The highest BCUT2D eigenvalue weighted by Gasteiger charge is 2.16. The van der Waals surface area contributed by atoms with Gasteiger partial charge in [0, 0.05) is 24.2 Å². The fraction of sp³-hybridized carbons (Fsp3) is 0.385. The van der Waals surface area contributed by atoms with Gasteiger partial charge in [0.25, 0.3) is 5.89 Å². The average Bonchev–Trinajstić information content (AvgIpc) is 3.11. The van der Waals surface area contributed by atoms with Crippen molar-refractivity contribution in [2.24, 2.45) is 0 Å². The van der Waals surface area contributed by atoms with Crippen LogP contribution in [0.25, 0.3) is 11.0 Å². The summed E-state index contributed by atoms with van der Waals surface area (Å²) in [5.41, 5.74) is 1.66. The average molecular weight is 308 g/mol. The van der Waals surface area contributed by atoms with Crippen molar-refractivity contribution in [2.45, 2.75) is 32.9 Å². The minimum Gasteiger partial charge on any atom is -0.402 e. The van der Waals surface area contributed by atoms with E-state index in [1.807, 2.05) is 24.6 Å². The number of aromatic nitrogens is 5. The van der Waals surface area contributed by atoms with Crippen molar-refractivity contribution in [2.75, 3.05) is 5.32 Å². The second kappa shape index (κ2) is 5.66. The van der Waals surface area contributed by atoms with Crippen molar-refractivity contribution >= 4 is 17.0 Å². The summed E-state index contributed by atoms with van der Waals surface area (Å²) in [5, 5.41) is 14.7. The maximum atomic E-state index is 12.3. The standard InChI is InChI=1S/C13H14F2N6O/c1-7(2)21-11-9(6-18-21)3-8(4-16-11)5-17-13-20-19-12(22-13)10(14)15/h3-4,6-7,10H,5H2,1-2H3,(H,17,20). The molecule has 0 unspecified atom stereocenters. The first kappa shape index (κ1) is 14.4. The molecule has 7 nitrogen and oxygen atoms in total. The van der Waals surface area contributed by atoms with Gasteiger partial charge in [-0.1, -0.05) is 5.10 Å². The second-order valence-electron chi connectivity index (χ2n) is 5.04. The van der Waals surface area contributed by atoms with Crippen LogP contribution in [0.3, 0.4) is 0 Å². The number of rotatable bonds is 5. The molecule has 22 heavy (non-hydrogen) atoms. The summed E-state index contributed by atoms with van der Waals surface area (Å²) in [4.78, 5) is 4.38. The molecule has 116 valence electrons. The molecular weight excluding hydrogens is 294 g/mol. The summed E-state index contributed by atoms with van der Waals surface area (Å²) in [6, 6.07) is 2.10. The lowest BCUT2D eigenvalue weighted by Gasteiger charge is -2.06. The molecule has 0 radical (unpaired) electrons. The Bertz CT molecular complexity index is 782. The van der Waals surface area contributed by atoms with Gasteiger partial charge < -0.3 is 9.73 Å². The van der Waals surface area contributed by atoms with Gasteiger partial charge in [-0.05, 0) is 25.5 Å². The summed E-state index contributed by atoms with van der Waals surface area (Å²) in [6.45, 7) is 4.39. The maximum Gasteiger partial charge on any atom is 0.315 e. The molecule has 1 N–H and O–H groups in total. The maximum absolute atomic E-state index is 12.3. The Morgan fingerprint density at radius 1 is 1.27 bits per heavy atom. The Morgan fingerprint density at radius 3 is 2.77 bits per heavy atom. The van der Waals surface area contributed by atoms with Crippen LogP contribution in [-0.2, 0) is 6.54 Å². The van der Waals surface area contributed by atoms with Crippen LogP contribution in [0, 0.1) is 0 Å². The van der Waals surface area contributed by atoms with Gasteiger partial charge in [-0.2, -0.15) is 13.9 Å². The zero-order chi connectivity index (χ0) is 15.7. The molecule has 0 saturated heterocycles. The van der Waals surface area contributed by atoms with Crippen molar-refractivity contribution in [1.29, 1.82) is 0 Å². The van der Waals surface area contributed by atoms with Crippen LogP contribution in [0.4, 0.5) is 14.8 Å². The van der Waals surface area contributed by atoms with E-state index >= 15 is 0 Å². The first-order chi connectivity index (χ1) is 10.5. The third-order valence-electron chi connectivity index (χ3n) is 3.05. The van der Waals surface area contributed by atoms with Crippen LogP contribution in [0.2, 0.25) is 0 Å². The first-order valence-electron chi connectivity index (χ1n) is 6.72. The van der Waals surface area contributed by atoms with E-state index in [1.54, 1.807) is 12.4 Å². The molecule has 3 aromatic heterocycles. The van der Waals surface area contributed by atoms with Crippen LogP contribution >= 0.6 is 0 Å². The van der Waals surface area contributed by atoms with Crippen molar-refractivity contribution in [3.8, 4) is 0 Å². The molecule has 0 saturated carbocycles. The zero-order valence-electron chi connectivity index (χ0n) is 12.0. The van der Waals surface area contributed by atoms with E-state index in [0.29, 0.717) is 6.54 Å². The van der Waals surface area contributed by atoms with Gasteiger partial charge in [0.15, 0.2) is 5.65 Å². The van der Waals surface area contributed by atoms with E-state index in [-0.39, 0.29) is 12.1 Å². The first-order valence-corrected chi connectivity index (χ1v) is 6.72. The Hall–Kier alpha value is -2.58.